The second-order valence-electron chi connectivity index (χ2n) is 5.08. The molecular weight excluding hydrogens is 252 g/mol. The average molecular weight is 270 g/mol. The molecule has 0 saturated heterocycles. The van der Waals surface area contributed by atoms with Gasteiger partial charge in [0.1, 0.15) is 0 Å². The number of hydrogen-bond donors (Lipinski definition) is 1. The molecule has 0 bridgehead atoms. The summed E-state index contributed by atoms with van der Waals surface area (Å²) in [6, 6.07) is 9.98. The predicted molar refractivity (Wildman–Crippen MR) is 76.0 cm³/mol. The number of amides is 2. The first-order valence-corrected chi connectivity index (χ1v) is 6.83. The van der Waals surface area contributed by atoms with Gasteiger partial charge >= 0.3 is 6.03 Å². The van der Waals surface area contributed by atoms with Crippen LogP contribution in [-0.4, -0.2) is 27.0 Å². The Morgan fingerprint density at radius 3 is 2.90 bits per heavy atom. The number of urea groups is 1. The molecule has 1 aliphatic rings. The molecule has 0 spiro atoms. The van der Waals surface area contributed by atoms with Crippen molar-refractivity contribution in [2.45, 2.75) is 26.1 Å². The highest BCUT2D eigenvalue weighted by molar-refractivity contribution is 5.74. The molecule has 0 aliphatic carbocycles. The van der Waals surface area contributed by atoms with E-state index in [0.717, 1.165) is 24.3 Å². The van der Waals surface area contributed by atoms with Crippen LogP contribution in [0.2, 0.25) is 0 Å². The quantitative estimate of drug-likeness (QED) is 0.909. The predicted octanol–water partition coefficient (Wildman–Crippen LogP) is 2.17. The lowest BCUT2D eigenvalue weighted by atomic mass is 10.1. The van der Waals surface area contributed by atoms with E-state index in [9.17, 15) is 4.79 Å². The van der Waals surface area contributed by atoms with E-state index in [1.54, 1.807) is 0 Å². The van der Waals surface area contributed by atoms with Crippen molar-refractivity contribution < 1.29 is 4.79 Å². The number of carbonyl (C=O) groups is 1. The fraction of sp³-hybridized carbons (Fsp3) is 0.333. The van der Waals surface area contributed by atoms with E-state index in [-0.39, 0.29) is 12.1 Å². The topological polar surface area (TPSA) is 50.2 Å². The first kappa shape index (κ1) is 12.7. The van der Waals surface area contributed by atoms with E-state index in [1.807, 2.05) is 54.7 Å². The standard InChI is InChI=1S/C15H18N4O/c1-12(13-5-3-2-4-6-13)17-15(20)18-7-8-19-11-16-9-14(19)10-18/h2-6,9,11-12H,7-8,10H2,1H3,(H,17,20)/t12-/m1/s1. The Bertz CT molecular complexity index is 593. The highest BCUT2D eigenvalue weighted by atomic mass is 16.2. The van der Waals surface area contributed by atoms with E-state index in [4.69, 9.17) is 0 Å². The van der Waals surface area contributed by atoms with Crippen molar-refractivity contribution in [2.75, 3.05) is 6.54 Å². The monoisotopic (exact) mass is 270 g/mol. The van der Waals surface area contributed by atoms with Crippen LogP contribution in [0.4, 0.5) is 4.79 Å². The molecule has 1 aromatic heterocycles. The zero-order chi connectivity index (χ0) is 13.9. The lowest BCUT2D eigenvalue weighted by molar-refractivity contribution is 0.180. The molecule has 2 aromatic rings. The van der Waals surface area contributed by atoms with Crippen LogP contribution in [0.25, 0.3) is 0 Å². The number of aromatic nitrogens is 2. The zero-order valence-electron chi connectivity index (χ0n) is 11.5. The molecule has 1 N–H and O–H groups in total. The van der Waals surface area contributed by atoms with Crippen LogP contribution in [-0.2, 0) is 13.1 Å². The fourth-order valence-corrected chi connectivity index (χ4v) is 2.46. The van der Waals surface area contributed by atoms with Crippen molar-refractivity contribution >= 4 is 6.03 Å². The minimum atomic E-state index is -0.0196. The summed E-state index contributed by atoms with van der Waals surface area (Å²) in [6.07, 6.45) is 3.64. The van der Waals surface area contributed by atoms with Crippen LogP contribution in [0.3, 0.4) is 0 Å². The smallest absolute Gasteiger partial charge is 0.318 e. The van der Waals surface area contributed by atoms with Crippen LogP contribution in [0.15, 0.2) is 42.9 Å². The first-order chi connectivity index (χ1) is 9.74. The second kappa shape index (κ2) is 5.36. The number of benzene rings is 1. The molecule has 0 unspecified atom stereocenters. The Kier molecular flexibility index (Phi) is 3.41. The van der Waals surface area contributed by atoms with Gasteiger partial charge in [-0.25, -0.2) is 9.78 Å². The van der Waals surface area contributed by atoms with Gasteiger partial charge in [0.25, 0.3) is 0 Å². The number of rotatable bonds is 2. The van der Waals surface area contributed by atoms with Crippen molar-refractivity contribution in [3.8, 4) is 0 Å². The van der Waals surface area contributed by atoms with Crippen molar-refractivity contribution in [2.24, 2.45) is 0 Å². The van der Waals surface area contributed by atoms with Crippen molar-refractivity contribution in [3.05, 3.63) is 54.1 Å². The molecule has 0 saturated carbocycles. The maximum atomic E-state index is 12.3. The Morgan fingerprint density at radius 2 is 2.10 bits per heavy atom. The number of nitrogens with zero attached hydrogens (tertiary/aromatic N) is 3. The summed E-state index contributed by atoms with van der Waals surface area (Å²) in [5.41, 5.74) is 2.20. The summed E-state index contributed by atoms with van der Waals surface area (Å²) < 4.78 is 2.09. The Balaban J connectivity index is 1.63. The number of fused-ring (bicyclic) bond motifs is 1. The third-order valence-corrected chi connectivity index (χ3v) is 3.69. The number of hydrogen-bond acceptors (Lipinski definition) is 2. The van der Waals surface area contributed by atoms with Crippen LogP contribution < -0.4 is 5.32 Å². The third-order valence-electron chi connectivity index (χ3n) is 3.69. The lowest BCUT2D eigenvalue weighted by Gasteiger charge is -2.29. The molecule has 20 heavy (non-hydrogen) atoms. The number of nitrogens with one attached hydrogen (secondary N) is 1. The van der Waals surface area contributed by atoms with E-state index in [0.29, 0.717) is 6.54 Å². The van der Waals surface area contributed by atoms with Crippen LogP contribution in [0.1, 0.15) is 24.2 Å². The molecule has 1 atom stereocenters. The molecule has 0 fully saturated rings. The van der Waals surface area contributed by atoms with Gasteiger partial charge in [-0.1, -0.05) is 30.3 Å². The molecular formula is C15H18N4O. The maximum Gasteiger partial charge on any atom is 0.318 e. The summed E-state index contributed by atoms with van der Waals surface area (Å²) in [4.78, 5) is 18.2. The van der Waals surface area contributed by atoms with Gasteiger partial charge < -0.3 is 14.8 Å². The van der Waals surface area contributed by atoms with E-state index < -0.39 is 0 Å². The van der Waals surface area contributed by atoms with Crippen LogP contribution in [0.5, 0.6) is 0 Å². The Labute approximate surface area is 118 Å². The maximum absolute atomic E-state index is 12.3. The van der Waals surface area contributed by atoms with Crippen LogP contribution in [0, 0.1) is 0 Å². The van der Waals surface area contributed by atoms with Gasteiger partial charge in [-0.3, -0.25) is 0 Å². The van der Waals surface area contributed by atoms with Crippen LogP contribution >= 0.6 is 0 Å². The van der Waals surface area contributed by atoms with Crippen molar-refractivity contribution in [1.29, 1.82) is 0 Å². The summed E-state index contributed by atoms with van der Waals surface area (Å²) >= 11 is 0. The number of carbonyl (C=O) groups excluding carboxylic acids is 1. The fourth-order valence-electron chi connectivity index (χ4n) is 2.46. The molecule has 5 heteroatoms. The highest BCUT2D eigenvalue weighted by Gasteiger charge is 2.21. The van der Waals surface area contributed by atoms with Crippen molar-refractivity contribution in [3.63, 3.8) is 0 Å². The molecule has 0 radical (unpaired) electrons. The van der Waals surface area contributed by atoms with Gasteiger partial charge in [-0.15, -0.1) is 0 Å². The summed E-state index contributed by atoms with van der Waals surface area (Å²) in [6.45, 7) is 4.15. The summed E-state index contributed by atoms with van der Waals surface area (Å²) in [5.74, 6) is 0. The van der Waals surface area contributed by atoms with Gasteiger partial charge in [0.15, 0.2) is 0 Å². The Hall–Kier alpha value is -2.30. The van der Waals surface area contributed by atoms with E-state index in [2.05, 4.69) is 14.9 Å². The summed E-state index contributed by atoms with van der Waals surface area (Å²) in [7, 11) is 0. The van der Waals surface area contributed by atoms with E-state index >= 15 is 0 Å². The molecule has 2 amide bonds. The first-order valence-electron chi connectivity index (χ1n) is 6.83. The molecule has 2 heterocycles. The molecule has 1 aliphatic heterocycles. The van der Waals surface area contributed by atoms with Gasteiger partial charge in [0.05, 0.1) is 24.6 Å². The summed E-state index contributed by atoms with van der Waals surface area (Å²) in [5, 5.41) is 3.05. The second-order valence-corrected chi connectivity index (χ2v) is 5.08. The zero-order valence-corrected chi connectivity index (χ0v) is 11.5. The average Bonchev–Trinajstić information content (AvgIpc) is 2.95. The van der Waals surface area contributed by atoms with Gasteiger partial charge in [-0.2, -0.15) is 0 Å². The molecule has 3 rings (SSSR count). The number of imidazole rings is 1. The van der Waals surface area contributed by atoms with Gasteiger partial charge in [-0.05, 0) is 12.5 Å². The minimum Gasteiger partial charge on any atom is -0.331 e. The van der Waals surface area contributed by atoms with Crippen molar-refractivity contribution in [1.82, 2.24) is 19.8 Å². The Morgan fingerprint density at radius 1 is 1.30 bits per heavy atom. The normalized spacial score (nSPS) is 15.6. The molecule has 104 valence electrons. The molecule has 1 aromatic carbocycles. The van der Waals surface area contributed by atoms with Gasteiger partial charge in [0, 0.05) is 19.3 Å². The highest BCUT2D eigenvalue weighted by Crippen LogP contribution is 2.14. The van der Waals surface area contributed by atoms with Gasteiger partial charge in [0.2, 0.25) is 0 Å². The third kappa shape index (κ3) is 2.52. The minimum absolute atomic E-state index is 0.00976. The lowest BCUT2D eigenvalue weighted by Crippen LogP contribution is -2.44. The SMILES string of the molecule is C[C@@H](NC(=O)N1CCn2cncc2C1)c1ccccc1. The van der Waals surface area contributed by atoms with E-state index in [1.165, 1.54) is 0 Å². The largest absolute Gasteiger partial charge is 0.331 e. The molecule has 5 nitrogen and oxygen atoms in total.